The zero-order valence-electron chi connectivity index (χ0n) is 12.9. The van der Waals surface area contributed by atoms with E-state index in [1.807, 2.05) is 0 Å². The van der Waals surface area contributed by atoms with Crippen LogP contribution in [0.1, 0.15) is 26.2 Å². The predicted molar refractivity (Wildman–Crippen MR) is 89.8 cm³/mol. The molecule has 3 rings (SSSR count). The van der Waals surface area contributed by atoms with Crippen molar-refractivity contribution in [1.29, 1.82) is 0 Å². The molecule has 1 aromatic heterocycles. The molecular formula is C16H22N6. The van der Waals surface area contributed by atoms with Crippen molar-refractivity contribution in [3.63, 3.8) is 0 Å². The molecular weight excluding hydrogens is 276 g/mol. The van der Waals surface area contributed by atoms with Crippen molar-refractivity contribution >= 4 is 23.1 Å². The molecule has 1 fully saturated rings. The van der Waals surface area contributed by atoms with Gasteiger partial charge in [0, 0.05) is 31.0 Å². The van der Waals surface area contributed by atoms with Crippen molar-refractivity contribution in [3.05, 3.63) is 30.5 Å². The van der Waals surface area contributed by atoms with Gasteiger partial charge in [0.2, 0.25) is 5.95 Å². The molecule has 0 radical (unpaired) electrons. The summed E-state index contributed by atoms with van der Waals surface area (Å²) in [4.78, 5) is 6.82. The molecule has 1 aliphatic rings. The van der Waals surface area contributed by atoms with Gasteiger partial charge in [-0.05, 0) is 43.5 Å². The van der Waals surface area contributed by atoms with Crippen LogP contribution in [0.15, 0.2) is 30.5 Å². The summed E-state index contributed by atoms with van der Waals surface area (Å²) >= 11 is 0. The fourth-order valence-electron chi connectivity index (χ4n) is 2.55. The van der Waals surface area contributed by atoms with Gasteiger partial charge in [-0.25, -0.2) is 0 Å². The largest absolute Gasteiger partial charge is 0.372 e. The topological polar surface area (TPSA) is 66.0 Å². The van der Waals surface area contributed by atoms with E-state index in [9.17, 15) is 0 Å². The minimum atomic E-state index is 0.556. The Labute approximate surface area is 131 Å². The highest BCUT2D eigenvalue weighted by Crippen LogP contribution is 2.23. The summed E-state index contributed by atoms with van der Waals surface area (Å²) in [6.45, 7) is 5.27. The Morgan fingerprint density at radius 3 is 2.64 bits per heavy atom. The van der Waals surface area contributed by atoms with Gasteiger partial charge in [0.05, 0.1) is 6.20 Å². The lowest BCUT2D eigenvalue weighted by Gasteiger charge is -2.17. The third-order valence-electron chi connectivity index (χ3n) is 3.70. The summed E-state index contributed by atoms with van der Waals surface area (Å²) in [6, 6.07) is 8.46. The zero-order chi connectivity index (χ0) is 15.2. The predicted octanol–water partition coefficient (Wildman–Crippen LogP) is 3.04. The fraction of sp³-hybridized carbons (Fsp3) is 0.438. The van der Waals surface area contributed by atoms with Crippen LogP contribution in [0, 0.1) is 0 Å². The van der Waals surface area contributed by atoms with Crippen LogP contribution >= 0.6 is 0 Å². The van der Waals surface area contributed by atoms with Crippen molar-refractivity contribution in [2.24, 2.45) is 0 Å². The number of hydrogen-bond acceptors (Lipinski definition) is 6. The number of nitrogens with zero attached hydrogens (tertiary/aromatic N) is 4. The molecule has 116 valence electrons. The number of rotatable bonds is 6. The summed E-state index contributed by atoms with van der Waals surface area (Å²) in [5, 5.41) is 14.3. The third kappa shape index (κ3) is 3.63. The van der Waals surface area contributed by atoms with Gasteiger partial charge < -0.3 is 15.5 Å². The molecule has 1 aromatic carbocycles. The second-order valence-electron chi connectivity index (χ2n) is 5.46. The van der Waals surface area contributed by atoms with Crippen molar-refractivity contribution in [2.75, 3.05) is 35.2 Å². The maximum atomic E-state index is 4.40. The third-order valence-corrected chi connectivity index (χ3v) is 3.70. The second kappa shape index (κ2) is 7.06. The maximum Gasteiger partial charge on any atom is 0.244 e. The molecule has 0 unspecified atom stereocenters. The van der Waals surface area contributed by atoms with Crippen molar-refractivity contribution in [1.82, 2.24) is 15.2 Å². The van der Waals surface area contributed by atoms with Crippen LogP contribution < -0.4 is 15.5 Å². The van der Waals surface area contributed by atoms with Crippen LogP contribution in [-0.2, 0) is 0 Å². The molecule has 0 spiro atoms. The maximum absolute atomic E-state index is 4.40. The van der Waals surface area contributed by atoms with Crippen molar-refractivity contribution in [2.45, 2.75) is 26.2 Å². The Morgan fingerprint density at radius 1 is 1.14 bits per heavy atom. The van der Waals surface area contributed by atoms with Crippen LogP contribution in [0.25, 0.3) is 0 Å². The van der Waals surface area contributed by atoms with Crippen LogP contribution in [0.4, 0.5) is 23.1 Å². The smallest absolute Gasteiger partial charge is 0.244 e. The molecule has 2 N–H and O–H groups in total. The Bertz CT molecular complexity index is 592. The van der Waals surface area contributed by atoms with Gasteiger partial charge in [-0.1, -0.05) is 6.92 Å². The van der Waals surface area contributed by atoms with E-state index in [4.69, 9.17) is 0 Å². The van der Waals surface area contributed by atoms with Gasteiger partial charge in [0.25, 0.3) is 0 Å². The summed E-state index contributed by atoms with van der Waals surface area (Å²) in [6.07, 6.45) is 5.24. The van der Waals surface area contributed by atoms with E-state index in [0.29, 0.717) is 11.8 Å². The molecule has 2 aromatic rings. The summed E-state index contributed by atoms with van der Waals surface area (Å²) < 4.78 is 0. The molecule has 0 saturated carbocycles. The van der Waals surface area contributed by atoms with Gasteiger partial charge in [0.1, 0.15) is 0 Å². The van der Waals surface area contributed by atoms with Gasteiger partial charge in [-0.15, -0.1) is 5.10 Å². The second-order valence-corrected chi connectivity index (χ2v) is 5.46. The molecule has 22 heavy (non-hydrogen) atoms. The van der Waals surface area contributed by atoms with E-state index in [2.05, 4.69) is 61.9 Å². The lowest BCUT2D eigenvalue weighted by Crippen LogP contribution is -2.17. The fourth-order valence-corrected chi connectivity index (χ4v) is 2.55. The molecule has 1 aliphatic heterocycles. The highest BCUT2D eigenvalue weighted by atomic mass is 15.3. The lowest BCUT2D eigenvalue weighted by atomic mass is 10.2. The number of benzene rings is 1. The minimum absolute atomic E-state index is 0.556. The number of anilines is 4. The molecule has 1 saturated heterocycles. The van der Waals surface area contributed by atoms with Gasteiger partial charge in [-0.3, -0.25) is 0 Å². The van der Waals surface area contributed by atoms with E-state index in [0.717, 1.165) is 31.7 Å². The molecule has 0 amide bonds. The quantitative estimate of drug-likeness (QED) is 0.854. The molecule has 0 bridgehead atoms. The molecule has 2 heterocycles. The highest BCUT2D eigenvalue weighted by Gasteiger charge is 2.11. The van der Waals surface area contributed by atoms with Crippen LogP contribution in [0.2, 0.25) is 0 Å². The summed E-state index contributed by atoms with van der Waals surface area (Å²) in [5.74, 6) is 1.25. The molecule has 6 nitrogen and oxygen atoms in total. The van der Waals surface area contributed by atoms with Crippen LogP contribution in [0.5, 0.6) is 0 Å². The zero-order valence-corrected chi connectivity index (χ0v) is 12.9. The van der Waals surface area contributed by atoms with E-state index in [1.165, 1.54) is 18.5 Å². The molecule has 6 heteroatoms. The standard InChI is InChI=1S/C16H22N6/c1-2-9-17-16-20-15(12-18-21-16)19-13-5-7-14(8-6-13)22-10-3-4-11-22/h5-8,12H,2-4,9-11H2,1H3,(H2,17,19,20,21). The first kappa shape index (κ1) is 14.6. The Kier molecular flexibility index (Phi) is 4.68. The average Bonchev–Trinajstić information content (AvgIpc) is 3.08. The van der Waals surface area contributed by atoms with Gasteiger partial charge >= 0.3 is 0 Å². The Hall–Kier alpha value is -2.37. The lowest BCUT2D eigenvalue weighted by molar-refractivity contribution is 0.913. The van der Waals surface area contributed by atoms with E-state index >= 15 is 0 Å². The first-order valence-corrected chi connectivity index (χ1v) is 7.91. The SMILES string of the molecule is CCCNc1nncc(Nc2ccc(N3CCCC3)cc2)n1. The highest BCUT2D eigenvalue weighted by molar-refractivity contribution is 5.61. The first-order chi connectivity index (χ1) is 10.8. The minimum Gasteiger partial charge on any atom is -0.372 e. The van der Waals surface area contributed by atoms with Gasteiger partial charge in [-0.2, -0.15) is 10.1 Å². The number of nitrogens with one attached hydrogen (secondary N) is 2. The monoisotopic (exact) mass is 298 g/mol. The Balaban J connectivity index is 1.65. The summed E-state index contributed by atoms with van der Waals surface area (Å²) in [5.41, 5.74) is 2.29. The normalized spacial score (nSPS) is 14.1. The number of aromatic nitrogens is 3. The van der Waals surface area contributed by atoms with E-state index < -0.39 is 0 Å². The van der Waals surface area contributed by atoms with Crippen LogP contribution in [0.3, 0.4) is 0 Å². The van der Waals surface area contributed by atoms with Crippen molar-refractivity contribution in [3.8, 4) is 0 Å². The van der Waals surface area contributed by atoms with Gasteiger partial charge in [0.15, 0.2) is 5.82 Å². The Morgan fingerprint density at radius 2 is 1.91 bits per heavy atom. The first-order valence-electron chi connectivity index (χ1n) is 7.91. The van der Waals surface area contributed by atoms with Crippen LogP contribution in [-0.4, -0.2) is 34.8 Å². The van der Waals surface area contributed by atoms with E-state index in [1.54, 1.807) is 6.20 Å². The van der Waals surface area contributed by atoms with E-state index in [-0.39, 0.29) is 0 Å². The molecule has 0 atom stereocenters. The van der Waals surface area contributed by atoms with Crippen molar-refractivity contribution < 1.29 is 0 Å². The summed E-state index contributed by atoms with van der Waals surface area (Å²) in [7, 11) is 0. The molecule has 0 aliphatic carbocycles. The number of hydrogen-bond donors (Lipinski definition) is 2. The average molecular weight is 298 g/mol.